The van der Waals surface area contributed by atoms with Gasteiger partial charge >= 0.3 is 11.9 Å². The van der Waals surface area contributed by atoms with Crippen LogP contribution in [0.4, 0.5) is 0 Å². The van der Waals surface area contributed by atoms with E-state index in [1.165, 1.54) is 0 Å². The van der Waals surface area contributed by atoms with Gasteiger partial charge in [0.05, 0.1) is 6.61 Å². The monoisotopic (exact) mass is 348 g/mol. The Labute approximate surface area is 146 Å². The fraction of sp³-hybridized carbons (Fsp3) is 0.389. The van der Waals surface area contributed by atoms with Gasteiger partial charge in [-0.15, -0.1) is 0 Å². The minimum Gasteiger partial charge on any atom is -0.462 e. The van der Waals surface area contributed by atoms with E-state index in [0.717, 1.165) is 6.42 Å². The fourth-order valence-corrected chi connectivity index (χ4v) is 2.65. The van der Waals surface area contributed by atoms with Crippen molar-refractivity contribution in [2.75, 3.05) is 6.61 Å². The van der Waals surface area contributed by atoms with E-state index in [9.17, 15) is 14.4 Å². The Hall–Kier alpha value is -2.67. The average molecular weight is 348 g/mol. The Kier molecular flexibility index (Phi) is 7.32. The second-order valence-electron chi connectivity index (χ2n) is 5.74. The Morgan fingerprint density at radius 2 is 1.64 bits per heavy atom. The normalized spacial score (nSPS) is 11.6. The van der Waals surface area contributed by atoms with Gasteiger partial charge in [0.1, 0.15) is 5.57 Å². The van der Waals surface area contributed by atoms with Crippen LogP contribution in [0.1, 0.15) is 53.7 Å². The summed E-state index contributed by atoms with van der Waals surface area (Å²) in [4.78, 5) is 40.0. The summed E-state index contributed by atoms with van der Waals surface area (Å²) in [7, 11) is 0. The van der Waals surface area contributed by atoms with Crippen LogP contribution in [-0.2, 0) is 19.2 Å². The lowest BCUT2D eigenvalue weighted by atomic mass is 9.91. The van der Waals surface area contributed by atoms with Gasteiger partial charge in [-0.05, 0) is 61.6 Å². The zero-order valence-electron chi connectivity index (χ0n) is 15.0. The van der Waals surface area contributed by atoms with E-state index in [1.54, 1.807) is 32.9 Å². The molecular weight excluding hydrogens is 324 g/mol. The summed E-state index contributed by atoms with van der Waals surface area (Å²) in [6, 6.07) is 3.20. The summed E-state index contributed by atoms with van der Waals surface area (Å²) >= 11 is 0. The van der Waals surface area contributed by atoms with E-state index < -0.39 is 17.8 Å². The van der Waals surface area contributed by atoms with Gasteiger partial charge < -0.3 is 15.3 Å². The minimum absolute atomic E-state index is 0.197. The maximum atomic E-state index is 12.3. The number of carbonyl (C=O) groups excluding carboxylic acids is 3. The number of hydrogen-bond acceptors (Lipinski definition) is 6. The van der Waals surface area contributed by atoms with E-state index >= 15 is 0 Å². The highest BCUT2D eigenvalue weighted by atomic mass is 16.7. The molecule has 1 aromatic carbocycles. The molecule has 136 valence electrons. The number of aryl methyl sites for hydroxylation is 2. The van der Waals surface area contributed by atoms with Crippen LogP contribution in [0.2, 0.25) is 0 Å². The van der Waals surface area contributed by atoms with Crippen LogP contribution in [0.3, 0.4) is 0 Å². The van der Waals surface area contributed by atoms with Gasteiger partial charge in [-0.3, -0.25) is 4.79 Å². The van der Waals surface area contributed by atoms with Crippen LogP contribution in [0, 0.1) is 13.8 Å². The first-order valence-electron chi connectivity index (χ1n) is 7.95. The molecule has 0 aliphatic carbocycles. The molecule has 7 nitrogen and oxygen atoms in total. The van der Waals surface area contributed by atoms with Crippen molar-refractivity contribution in [3.8, 4) is 0 Å². The number of hydrogen-bond donors (Lipinski definition) is 2. The Balaban J connectivity index is 3.44. The minimum atomic E-state index is -0.975. The van der Waals surface area contributed by atoms with Crippen molar-refractivity contribution in [3.63, 3.8) is 0 Å². The largest absolute Gasteiger partial charge is 0.462 e. The molecule has 0 atom stereocenters. The van der Waals surface area contributed by atoms with Crippen molar-refractivity contribution in [1.29, 1.82) is 0 Å². The maximum Gasteiger partial charge on any atom is 0.364 e. The molecule has 1 rings (SSSR count). The summed E-state index contributed by atoms with van der Waals surface area (Å²) in [6.07, 6.45) is 1.53. The highest BCUT2D eigenvalue weighted by molar-refractivity contribution is 6.20. The number of esters is 1. The molecule has 7 heteroatoms. The molecule has 0 aliphatic rings. The highest BCUT2D eigenvalue weighted by Crippen LogP contribution is 2.28. The first kappa shape index (κ1) is 20.4. The van der Waals surface area contributed by atoms with Crippen molar-refractivity contribution < 1.29 is 24.0 Å². The van der Waals surface area contributed by atoms with Crippen molar-refractivity contribution >= 4 is 23.4 Å². The topological polar surface area (TPSA) is 122 Å². The van der Waals surface area contributed by atoms with Gasteiger partial charge in [0, 0.05) is 5.56 Å². The Bertz CT molecular complexity index is 699. The molecule has 0 fully saturated rings. The summed E-state index contributed by atoms with van der Waals surface area (Å²) < 4.78 is 5.12. The van der Waals surface area contributed by atoms with Gasteiger partial charge in [0.25, 0.3) is 0 Å². The number of carbonyl (C=O) groups is 3. The predicted molar refractivity (Wildman–Crippen MR) is 93.2 cm³/mol. The van der Waals surface area contributed by atoms with Crippen molar-refractivity contribution in [2.24, 2.45) is 11.6 Å². The second kappa shape index (κ2) is 8.98. The smallest absolute Gasteiger partial charge is 0.364 e. The Morgan fingerprint density at radius 3 is 2.08 bits per heavy atom. The Morgan fingerprint density at radius 1 is 1.08 bits per heavy atom. The maximum absolute atomic E-state index is 12.3. The molecule has 0 heterocycles. The third-order valence-electron chi connectivity index (χ3n) is 3.81. The number of primary amides is 1. The van der Waals surface area contributed by atoms with Crippen molar-refractivity contribution in [2.45, 2.75) is 40.5 Å². The first-order valence-corrected chi connectivity index (χ1v) is 7.95. The lowest BCUT2D eigenvalue weighted by molar-refractivity contribution is -0.147. The fourth-order valence-electron chi connectivity index (χ4n) is 2.65. The first-order chi connectivity index (χ1) is 11.7. The SMILES string of the molecule is CCCCOC(=O)C(C(=O)ON)=C(C)c1c(C)cc(C(N)=O)cc1C. The van der Waals surface area contributed by atoms with Crippen molar-refractivity contribution in [1.82, 2.24) is 0 Å². The van der Waals surface area contributed by atoms with E-state index in [1.807, 2.05) is 6.92 Å². The number of amides is 1. The van der Waals surface area contributed by atoms with Crippen LogP contribution >= 0.6 is 0 Å². The van der Waals surface area contributed by atoms with Gasteiger partial charge in [-0.25, -0.2) is 9.59 Å². The number of allylic oxidation sites excluding steroid dienone is 1. The third kappa shape index (κ3) is 4.90. The summed E-state index contributed by atoms with van der Waals surface area (Å²) in [5.74, 6) is 2.65. The number of ether oxygens (including phenoxy) is 1. The summed E-state index contributed by atoms with van der Waals surface area (Å²) in [5, 5.41) is 0. The lowest BCUT2D eigenvalue weighted by Gasteiger charge is -2.15. The van der Waals surface area contributed by atoms with Crippen LogP contribution in [0.25, 0.3) is 5.57 Å². The third-order valence-corrected chi connectivity index (χ3v) is 3.81. The van der Waals surface area contributed by atoms with Gasteiger partial charge in [0.2, 0.25) is 5.91 Å². The molecule has 0 bridgehead atoms. The van der Waals surface area contributed by atoms with Crippen LogP contribution < -0.4 is 11.6 Å². The molecule has 0 aromatic heterocycles. The molecule has 0 saturated heterocycles. The lowest BCUT2D eigenvalue weighted by Crippen LogP contribution is -2.22. The molecule has 0 unspecified atom stereocenters. The second-order valence-corrected chi connectivity index (χ2v) is 5.74. The number of benzene rings is 1. The molecule has 0 aliphatic heterocycles. The van der Waals surface area contributed by atoms with Gasteiger partial charge in [0.15, 0.2) is 0 Å². The molecule has 25 heavy (non-hydrogen) atoms. The summed E-state index contributed by atoms with van der Waals surface area (Å²) in [6.45, 7) is 7.27. The predicted octanol–water partition coefficient (Wildman–Crippen LogP) is 1.94. The zero-order chi connectivity index (χ0) is 19.1. The van der Waals surface area contributed by atoms with Gasteiger partial charge in [-0.2, -0.15) is 5.90 Å². The van der Waals surface area contributed by atoms with Crippen molar-refractivity contribution in [3.05, 3.63) is 40.0 Å². The van der Waals surface area contributed by atoms with E-state index in [4.69, 9.17) is 16.4 Å². The van der Waals surface area contributed by atoms with Crippen LogP contribution in [0.15, 0.2) is 17.7 Å². The van der Waals surface area contributed by atoms with Crippen LogP contribution in [0.5, 0.6) is 0 Å². The number of unbranched alkanes of at least 4 members (excludes halogenated alkanes) is 1. The zero-order valence-corrected chi connectivity index (χ0v) is 15.0. The molecule has 1 aromatic rings. The number of rotatable bonds is 7. The van der Waals surface area contributed by atoms with Gasteiger partial charge in [-0.1, -0.05) is 13.3 Å². The summed E-state index contributed by atoms with van der Waals surface area (Å²) in [5.41, 5.74) is 7.77. The molecule has 1 amide bonds. The molecule has 0 spiro atoms. The molecule has 0 saturated carbocycles. The highest BCUT2D eigenvalue weighted by Gasteiger charge is 2.26. The van der Waals surface area contributed by atoms with E-state index in [-0.39, 0.29) is 12.2 Å². The van der Waals surface area contributed by atoms with Crippen LogP contribution in [-0.4, -0.2) is 24.5 Å². The quantitative estimate of drug-likeness (QED) is 0.194. The molecular formula is C18H24N2O5. The molecule has 4 N–H and O–H groups in total. The van der Waals surface area contributed by atoms with E-state index in [2.05, 4.69) is 4.84 Å². The van der Waals surface area contributed by atoms with E-state index in [0.29, 0.717) is 34.2 Å². The standard InChI is InChI=1S/C18H24N2O5/c1-5-6-7-24-17(22)15(18(23)25-20)12(4)14-10(2)8-13(16(19)21)9-11(14)3/h8-9H,5-7,20H2,1-4H3,(H2,19,21). The molecule has 0 radical (unpaired) electrons. The average Bonchev–Trinajstić information content (AvgIpc) is 2.54. The number of nitrogens with two attached hydrogens (primary N) is 2.